The number of carbonyl (C=O) groups is 1. The monoisotopic (exact) mass is 472 g/mol. The van der Waals surface area contributed by atoms with Crippen LogP contribution in [-0.4, -0.2) is 20.8 Å². The second-order valence-corrected chi connectivity index (χ2v) is 7.29. The molecule has 29 heavy (non-hydrogen) atoms. The second kappa shape index (κ2) is 7.61. The number of amides is 1. The molecule has 0 aliphatic heterocycles. The Bertz CT molecular complexity index is 1270. The molecular formula is C19H10BrClN4O4. The lowest BCUT2D eigenvalue weighted by Gasteiger charge is -2.05. The maximum atomic E-state index is 12.5. The van der Waals surface area contributed by atoms with Crippen molar-refractivity contribution < 1.29 is 14.1 Å². The average molecular weight is 474 g/mol. The van der Waals surface area contributed by atoms with Crippen molar-refractivity contribution in [3.8, 4) is 11.5 Å². The zero-order valence-corrected chi connectivity index (χ0v) is 16.8. The van der Waals surface area contributed by atoms with Crippen molar-refractivity contribution >= 4 is 55.9 Å². The van der Waals surface area contributed by atoms with Gasteiger partial charge in [0, 0.05) is 34.2 Å². The third-order valence-corrected chi connectivity index (χ3v) is 4.76. The smallest absolute Gasteiger partial charge is 0.288 e. The van der Waals surface area contributed by atoms with Gasteiger partial charge in [0.1, 0.15) is 10.5 Å². The Balaban J connectivity index is 1.61. The van der Waals surface area contributed by atoms with Crippen LogP contribution in [0, 0.1) is 10.1 Å². The zero-order chi connectivity index (χ0) is 20.5. The highest BCUT2D eigenvalue weighted by Gasteiger charge is 2.17. The quantitative estimate of drug-likeness (QED) is 0.311. The van der Waals surface area contributed by atoms with Crippen molar-refractivity contribution in [1.29, 1.82) is 0 Å². The molecule has 0 saturated heterocycles. The lowest BCUT2D eigenvalue weighted by molar-refractivity contribution is -0.384. The molecule has 1 amide bonds. The molecule has 8 nitrogen and oxygen atoms in total. The molecular weight excluding hydrogens is 464 g/mol. The van der Waals surface area contributed by atoms with E-state index in [1.54, 1.807) is 30.6 Å². The molecule has 0 spiro atoms. The maximum absolute atomic E-state index is 12.5. The van der Waals surface area contributed by atoms with E-state index in [9.17, 15) is 14.9 Å². The van der Waals surface area contributed by atoms with Crippen LogP contribution in [0.4, 0.5) is 11.4 Å². The van der Waals surface area contributed by atoms with Gasteiger partial charge < -0.3 is 9.73 Å². The number of fused-ring (bicyclic) bond motifs is 1. The Labute approximate surface area is 176 Å². The number of nitro benzene ring substituents is 1. The summed E-state index contributed by atoms with van der Waals surface area (Å²) in [5.74, 6) is -0.116. The first-order chi connectivity index (χ1) is 13.9. The standard InChI is InChI=1S/C19H10BrClN4O4/c20-12-5-11(8-22-9-12)19-24-15-7-13(2-4-17(15)29-19)23-18(26)10-1-3-14(21)16(6-10)25(27)28/h1-9H,(H,23,26). The van der Waals surface area contributed by atoms with Gasteiger partial charge in [-0.15, -0.1) is 0 Å². The van der Waals surface area contributed by atoms with E-state index in [-0.39, 0.29) is 16.3 Å². The van der Waals surface area contributed by atoms with E-state index in [1.807, 2.05) is 6.07 Å². The van der Waals surface area contributed by atoms with Gasteiger partial charge in [-0.2, -0.15) is 0 Å². The molecule has 0 fully saturated rings. The molecule has 4 rings (SSSR count). The number of anilines is 1. The van der Waals surface area contributed by atoms with Crippen molar-refractivity contribution in [3.63, 3.8) is 0 Å². The van der Waals surface area contributed by atoms with Crippen molar-refractivity contribution in [3.05, 3.63) is 80.0 Å². The van der Waals surface area contributed by atoms with Crippen molar-refractivity contribution in [1.82, 2.24) is 9.97 Å². The SMILES string of the molecule is O=C(Nc1ccc2oc(-c3cncc(Br)c3)nc2c1)c1ccc(Cl)c([N+](=O)[O-])c1. The van der Waals surface area contributed by atoms with Gasteiger partial charge in [-0.25, -0.2) is 4.98 Å². The summed E-state index contributed by atoms with van der Waals surface area (Å²) >= 11 is 9.14. The van der Waals surface area contributed by atoms with Crippen molar-refractivity contribution in [2.24, 2.45) is 0 Å². The fourth-order valence-electron chi connectivity index (χ4n) is 2.65. The first-order valence-corrected chi connectivity index (χ1v) is 9.34. The minimum atomic E-state index is -0.640. The summed E-state index contributed by atoms with van der Waals surface area (Å²) < 4.78 is 6.53. The Morgan fingerprint density at radius 2 is 2.00 bits per heavy atom. The molecule has 0 aliphatic carbocycles. The highest BCUT2D eigenvalue weighted by molar-refractivity contribution is 9.10. The van der Waals surface area contributed by atoms with Gasteiger partial charge in [0.15, 0.2) is 5.58 Å². The molecule has 0 bridgehead atoms. The summed E-state index contributed by atoms with van der Waals surface area (Å²) in [4.78, 5) is 31.3. The number of oxazole rings is 1. The third-order valence-electron chi connectivity index (χ3n) is 4.00. The van der Waals surface area contributed by atoms with Crippen LogP contribution in [0.25, 0.3) is 22.6 Å². The molecule has 0 radical (unpaired) electrons. The van der Waals surface area contributed by atoms with Gasteiger partial charge in [0.2, 0.25) is 5.89 Å². The van der Waals surface area contributed by atoms with Gasteiger partial charge in [-0.1, -0.05) is 11.6 Å². The van der Waals surface area contributed by atoms with Crippen LogP contribution < -0.4 is 5.32 Å². The van der Waals surface area contributed by atoms with E-state index in [0.29, 0.717) is 28.2 Å². The number of pyridine rings is 1. The second-order valence-electron chi connectivity index (χ2n) is 5.97. The van der Waals surface area contributed by atoms with Crippen LogP contribution in [0.5, 0.6) is 0 Å². The molecule has 2 aromatic heterocycles. The molecule has 4 aromatic rings. The van der Waals surface area contributed by atoms with Crippen molar-refractivity contribution in [2.45, 2.75) is 0 Å². The first-order valence-electron chi connectivity index (χ1n) is 8.17. The molecule has 0 saturated carbocycles. The van der Waals surface area contributed by atoms with Crippen LogP contribution in [0.15, 0.2) is 63.7 Å². The molecule has 0 unspecified atom stereocenters. The number of nitro groups is 1. The Hall–Kier alpha value is -3.30. The largest absolute Gasteiger partial charge is 0.436 e. The number of nitrogens with one attached hydrogen (secondary N) is 1. The fourth-order valence-corrected chi connectivity index (χ4v) is 3.21. The summed E-state index contributed by atoms with van der Waals surface area (Å²) in [6.07, 6.45) is 3.28. The lowest BCUT2D eigenvalue weighted by Crippen LogP contribution is -2.12. The number of benzene rings is 2. The van der Waals surface area contributed by atoms with E-state index < -0.39 is 10.8 Å². The predicted octanol–water partition coefficient (Wildman–Crippen LogP) is 5.47. The number of aromatic nitrogens is 2. The molecule has 2 heterocycles. The summed E-state index contributed by atoms with van der Waals surface area (Å²) in [6.45, 7) is 0. The molecule has 144 valence electrons. The molecule has 1 N–H and O–H groups in total. The van der Waals surface area contributed by atoms with E-state index >= 15 is 0 Å². The Kier molecular flexibility index (Phi) is 4.99. The Morgan fingerprint density at radius 3 is 2.76 bits per heavy atom. The summed E-state index contributed by atoms with van der Waals surface area (Å²) in [5, 5.41) is 13.7. The zero-order valence-electron chi connectivity index (χ0n) is 14.4. The number of hydrogen-bond donors (Lipinski definition) is 1. The summed E-state index contributed by atoms with van der Waals surface area (Å²) in [7, 11) is 0. The minimum absolute atomic E-state index is 0.0369. The summed E-state index contributed by atoms with van der Waals surface area (Å²) in [5.41, 5.74) is 2.03. The van der Waals surface area contributed by atoms with E-state index in [1.165, 1.54) is 12.1 Å². The van der Waals surface area contributed by atoms with E-state index in [0.717, 1.165) is 10.5 Å². The normalized spacial score (nSPS) is 10.8. The summed E-state index contributed by atoms with van der Waals surface area (Å²) in [6, 6.07) is 10.7. The van der Waals surface area contributed by atoms with E-state index in [4.69, 9.17) is 16.0 Å². The highest BCUT2D eigenvalue weighted by atomic mass is 79.9. The van der Waals surface area contributed by atoms with E-state index in [2.05, 4.69) is 31.2 Å². The molecule has 0 aliphatic rings. The topological polar surface area (TPSA) is 111 Å². The molecule has 2 aromatic carbocycles. The van der Waals surface area contributed by atoms with Gasteiger partial charge in [-0.3, -0.25) is 19.9 Å². The van der Waals surface area contributed by atoms with Gasteiger partial charge >= 0.3 is 0 Å². The van der Waals surface area contributed by atoms with Crippen LogP contribution in [-0.2, 0) is 0 Å². The first kappa shape index (κ1) is 19.0. The van der Waals surface area contributed by atoms with Crippen LogP contribution in [0.1, 0.15) is 10.4 Å². The fraction of sp³-hybridized carbons (Fsp3) is 0. The molecule has 10 heteroatoms. The minimum Gasteiger partial charge on any atom is -0.436 e. The average Bonchev–Trinajstić information content (AvgIpc) is 3.11. The number of hydrogen-bond acceptors (Lipinski definition) is 6. The maximum Gasteiger partial charge on any atom is 0.288 e. The van der Waals surface area contributed by atoms with Gasteiger partial charge in [-0.05, 0) is 52.3 Å². The van der Waals surface area contributed by atoms with Crippen molar-refractivity contribution in [2.75, 3.05) is 5.32 Å². The lowest BCUT2D eigenvalue weighted by atomic mass is 10.2. The molecule has 0 atom stereocenters. The number of carbonyl (C=O) groups excluding carboxylic acids is 1. The van der Waals surface area contributed by atoms with Crippen LogP contribution in [0.2, 0.25) is 5.02 Å². The third kappa shape index (κ3) is 3.96. The van der Waals surface area contributed by atoms with Gasteiger partial charge in [0.05, 0.1) is 10.5 Å². The number of rotatable bonds is 4. The predicted molar refractivity (Wildman–Crippen MR) is 111 cm³/mol. The van der Waals surface area contributed by atoms with Crippen LogP contribution in [0.3, 0.4) is 0 Å². The Morgan fingerprint density at radius 1 is 1.17 bits per heavy atom. The highest BCUT2D eigenvalue weighted by Crippen LogP contribution is 2.28. The van der Waals surface area contributed by atoms with Gasteiger partial charge in [0.25, 0.3) is 11.6 Å². The van der Waals surface area contributed by atoms with Crippen LogP contribution >= 0.6 is 27.5 Å². The number of halogens is 2. The number of nitrogens with zero attached hydrogens (tertiary/aromatic N) is 3.